The molecule has 3 aromatic carbocycles. The predicted molar refractivity (Wildman–Crippen MR) is 155 cm³/mol. The van der Waals surface area contributed by atoms with E-state index in [9.17, 15) is 0 Å². The molecule has 0 N–H and O–H groups in total. The first-order valence-electron chi connectivity index (χ1n) is 12.7. The second kappa shape index (κ2) is 10.7. The van der Waals surface area contributed by atoms with Gasteiger partial charge in [-0.3, -0.25) is 0 Å². The summed E-state index contributed by atoms with van der Waals surface area (Å²) in [6, 6.07) is 33.6. The molecule has 1 aliphatic rings. The van der Waals surface area contributed by atoms with Crippen LogP contribution >= 0.6 is 7.26 Å². The van der Waals surface area contributed by atoms with Gasteiger partial charge in [0.05, 0.1) is 0 Å². The van der Waals surface area contributed by atoms with Crippen LogP contribution in [-0.2, 0) is 0 Å². The van der Waals surface area contributed by atoms with Crippen LogP contribution < -0.4 is 15.9 Å². The van der Waals surface area contributed by atoms with Gasteiger partial charge >= 0.3 is 208 Å². The minimum absolute atomic E-state index is 0.274. The molecule has 0 nitrogen and oxygen atoms in total. The Balaban J connectivity index is 1.77. The molecule has 4 rings (SSSR count). The van der Waals surface area contributed by atoms with Gasteiger partial charge in [0.1, 0.15) is 0 Å². The molecule has 0 fully saturated rings. The van der Waals surface area contributed by atoms with E-state index < -0.39 is 7.26 Å². The van der Waals surface area contributed by atoms with Crippen molar-refractivity contribution < 1.29 is 0 Å². The van der Waals surface area contributed by atoms with Crippen molar-refractivity contribution in [2.24, 2.45) is 5.41 Å². The summed E-state index contributed by atoms with van der Waals surface area (Å²) >= 11 is 0. The third-order valence-electron chi connectivity index (χ3n) is 7.59. The Morgan fingerprint density at radius 2 is 1.26 bits per heavy atom. The van der Waals surface area contributed by atoms with Crippen molar-refractivity contribution in [1.82, 2.24) is 0 Å². The second-order valence-electron chi connectivity index (χ2n) is 10.4. The van der Waals surface area contributed by atoms with E-state index in [1.165, 1.54) is 46.3 Å². The van der Waals surface area contributed by atoms with Crippen LogP contribution in [0.4, 0.5) is 0 Å². The van der Waals surface area contributed by atoms with Crippen LogP contribution in [0.15, 0.2) is 126 Å². The van der Waals surface area contributed by atoms with Crippen LogP contribution in [0.25, 0.3) is 0 Å². The van der Waals surface area contributed by atoms with E-state index in [0.717, 1.165) is 6.16 Å². The van der Waals surface area contributed by atoms with E-state index in [4.69, 9.17) is 0 Å². The van der Waals surface area contributed by atoms with Gasteiger partial charge in [0.15, 0.2) is 0 Å². The molecule has 0 radical (unpaired) electrons. The van der Waals surface area contributed by atoms with Crippen LogP contribution in [-0.4, -0.2) is 6.16 Å². The molecule has 1 heteroatoms. The molecular formula is C33H39P. The summed E-state index contributed by atoms with van der Waals surface area (Å²) in [5, 5.41) is 4.40. The fraction of sp³-hybridized carbons (Fsp3) is 0.273. The zero-order chi connectivity index (χ0) is 24.0. The average molecular weight is 467 g/mol. The maximum atomic E-state index is 2.49. The average Bonchev–Trinajstić information content (AvgIpc) is 2.86. The monoisotopic (exact) mass is 466 g/mol. The van der Waals surface area contributed by atoms with Crippen molar-refractivity contribution in [1.29, 1.82) is 0 Å². The summed E-state index contributed by atoms with van der Waals surface area (Å²) in [4.78, 5) is 0. The summed E-state index contributed by atoms with van der Waals surface area (Å²) in [5.74, 6) is 0. The van der Waals surface area contributed by atoms with E-state index in [1.54, 1.807) is 5.57 Å². The standard InChI is InChI=1S/C33H39P/c1-27(22-23-32-28(2)15-14-25-33(32,3)4)24-26-34(29-16-8-5-9-17-29,30-18-10-6-11-19-30)31-20-12-7-13-21-31/h5-13,16-24,34H,14-15,25-26H2,1-4H3/b23-22+,27-24-. The van der Waals surface area contributed by atoms with Gasteiger partial charge in [-0.25, -0.2) is 0 Å². The van der Waals surface area contributed by atoms with Crippen molar-refractivity contribution in [2.75, 3.05) is 6.16 Å². The molecular weight excluding hydrogens is 427 g/mol. The summed E-state index contributed by atoms with van der Waals surface area (Å²) in [6.45, 7) is 9.37. The molecule has 0 bridgehead atoms. The maximum absolute atomic E-state index is 2.49. The van der Waals surface area contributed by atoms with Gasteiger partial charge in [-0.15, -0.1) is 0 Å². The Hall–Kier alpha value is -2.69. The SMILES string of the molecule is CC1=C(/C=C/C(C)=C\C[PH](c2ccccc2)(c2ccccc2)c2ccccc2)C(C)(C)CCC1. The fourth-order valence-corrected chi connectivity index (χ4v) is 10.2. The first kappa shape index (κ1) is 24.4. The molecule has 0 saturated carbocycles. The Labute approximate surface area is 207 Å². The third-order valence-corrected chi connectivity index (χ3v) is 12.4. The molecule has 3 aromatic rings. The van der Waals surface area contributed by atoms with Gasteiger partial charge in [-0.1, -0.05) is 0 Å². The van der Waals surface area contributed by atoms with Gasteiger partial charge in [0.25, 0.3) is 0 Å². The summed E-state index contributed by atoms with van der Waals surface area (Å²) < 4.78 is 0. The van der Waals surface area contributed by atoms with E-state index in [0.29, 0.717) is 0 Å². The number of benzene rings is 3. The summed E-state index contributed by atoms with van der Waals surface area (Å²) in [6.07, 6.45) is 12.1. The molecule has 0 atom stereocenters. The molecule has 0 unspecified atom stereocenters. The van der Waals surface area contributed by atoms with Crippen molar-refractivity contribution in [2.45, 2.75) is 47.0 Å². The quantitative estimate of drug-likeness (QED) is 0.247. The van der Waals surface area contributed by atoms with Gasteiger partial charge in [-0.2, -0.15) is 0 Å². The number of hydrogen-bond donors (Lipinski definition) is 0. The third kappa shape index (κ3) is 5.18. The van der Waals surface area contributed by atoms with Gasteiger partial charge in [0, 0.05) is 0 Å². The molecule has 176 valence electrons. The van der Waals surface area contributed by atoms with Crippen LogP contribution in [0.1, 0.15) is 47.0 Å². The van der Waals surface area contributed by atoms with E-state index in [2.05, 4.69) is 137 Å². The van der Waals surface area contributed by atoms with Crippen molar-refractivity contribution in [3.63, 3.8) is 0 Å². The van der Waals surface area contributed by atoms with E-state index in [-0.39, 0.29) is 5.41 Å². The molecule has 1 aliphatic carbocycles. The van der Waals surface area contributed by atoms with Gasteiger partial charge < -0.3 is 0 Å². The zero-order valence-electron chi connectivity index (χ0n) is 21.2. The van der Waals surface area contributed by atoms with Gasteiger partial charge in [-0.05, 0) is 0 Å². The van der Waals surface area contributed by atoms with Crippen LogP contribution in [0.2, 0.25) is 0 Å². The molecule has 34 heavy (non-hydrogen) atoms. The second-order valence-corrected chi connectivity index (χ2v) is 14.4. The Bertz CT molecular complexity index is 1070. The first-order valence-corrected chi connectivity index (χ1v) is 14.9. The van der Waals surface area contributed by atoms with Crippen molar-refractivity contribution >= 4 is 23.2 Å². The Morgan fingerprint density at radius 1 is 0.794 bits per heavy atom. The molecule has 0 heterocycles. The zero-order valence-corrected chi connectivity index (χ0v) is 22.2. The Morgan fingerprint density at radius 3 is 1.71 bits per heavy atom. The molecule has 0 amide bonds. The number of hydrogen-bond acceptors (Lipinski definition) is 0. The van der Waals surface area contributed by atoms with Crippen LogP contribution in [0.3, 0.4) is 0 Å². The van der Waals surface area contributed by atoms with Crippen LogP contribution in [0.5, 0.6) is 0 Å². The number of rotatable bonds is 7. The predicted octanol–water partition coefficient (Wildman–Crippen LogP) is 7.74. The number of allylic oxidation sites excluding steroid dienone is 6. The minimum atomic E-state index is -2.22. The van der Waals surface area contributed by atoms with E-state index in [1.807, 2.05) is 0 Å². The molecule has 0 aromatic heterocycles. The summed E-state index contributed by atoms with van der Waals surface area (Å²) in [7, 11) is -2.22. The Kier molecular flexibility index (Phi) is 7.70. The normalized spacial score (nSPS) is 17.2. The summed E-state index contributed by atoms with van der Waals surface area (Å²) in [5.41, 5.74) is 4.71. The van der Waals surface area contributed by atoms with Crippen molar-refractivity contribution in [3.05, 3.63) is 126 Å². The first-order chi connectivity index (χ1) is 16.4. The van der Waals surface area contributed by atoms with E-state index >= 15 is 0 Å². The fourth-order valence-electron chi connectivity index (χ4n) is 5.63. The molecule has 0 aliphatic heterocycles. The molecule has 0 spiro atoms. The van der Waals surface area contributed by atoms with Crippen molar-refractivity contribution in [3.8, 4) is 0 Å². The van der Waals surface area contributed by atoms with Gasteiger partial charge in [0.2, 0.25) is 0 Å². The molecule has 0 saturated heterocycles. The topological polar surface area (TPSA) is 0 Å². The van der Waals surface area contributed by atoms with Crippen LogP contribution in [0, 0.1) is 5.41 Å².